The number of rotatable bonds is 17. The van der Waals surface area contributed by atoms with Gasteiger partial charge in [-0.05, 0) is 58.8 Å². The van der Waals surface area contributed by atoms with Crippen LogP contribution in [0, 0.1) is 17.8 Å². The largest absolute Gasteiger partial charge is 0.352 e. The summed E-state index contributed by atoms with van der Waals surface area (Å²) in [5, 5.41) is 41.8. The Morgan fingerprint density at radius 3 is 2.00 bits per heavy atom. The molecular formula is C37H75F2N5O6. The van der Waals surface area contributed by atoms with Gasteiger partial charge in [0.25, 0.3) is 11.9 Å². The molecule has 2 rings (SSSR count). The quantitative estimate of drug-likeness (QED) is 0.0704. The van der Waals surface area contributed by atoms with E-state index in [9.17, 15) is 34.0 Å². The van der Waals surface area contributed by atoms with Gasteiger partial charge in [0.15, 0.2) is 0 Å². The molecule has 7 unspecified atom stereocenters. The topological polar surface area (TPSA) is 178 Å². The van der Waals surface area contributed by atoms with E-state index in [0.717, 1.165) is 24.8 Å². The second kappa shape index (κ2) is 24.6. The van der Waals surface area contributed by atoms with Crippen molar-refractivity contribution in [3.63, 3.8) is 0 Å². The number of allylic oxidation sites excluding steroid dienone is 4. The Bertz CT molecular complexity index is 970. The molecule has 0 aromatic heterocycles. The summed E-state index contributed by atoms with van der Waals surface area (Å²) in [5.41, 5.74) is 16.2. The fraction of sp³-hybridized carbons (Fsp3) is 0.865. The Morgan fingerprint density at radius 1 is 1.02 bits per heavy atom. The number of carbonyl (C=O) groups is 1. The van der Waals surface area contributed by atoms with E-state index in [2.05, 4.69) is 11.6 Å². The first-order valence-electron chi connectivity index (χ1n) is 19.0. The van der Waals surface area contributed by atoms with Crippen LogP contribution in [0.1, 0.15) is 141 Å². The second-order valence-electron chi connectivity index (χ2n) is 13.0. The van der Waals surface area contributed by atoms with Crippen molar-refractivity contribution in [3.05, 3.63) is 23.8 Å². The zero-order chi connectivity index (χ0) is 39.5. The van der Waals surface area contributed by atoms with Crippen molar-refractivity contribution in [2.75, 3.05) is 6.54 Å². The van der Waals surface area contributed by atoms with Gasteiger partial charge in [-0.2, -0.15) is 0 Å². The lowest BCUT2D eigenvalue weighted by Gasteiger charge is -2.48. The summed E-state index contributed by atoms with van der Waals surface area (Å²) in [6, 6.07) is -0.793. The minimum absolute atomic E-state index is 0.0192. The van der Waals surface area contributed by atoms with Crippen LogP contribution in [0.3, 0.4) is 0 Å². The number of aliphatic hydroxyl groups is 4. The highest BCUT2D eigenvalue weighted by Crippen LogP contribution is 2.37. The van der Waals surface area contributed by atoms with Crippen LogP contribution in [0.25, 0.3) is 0 Å². The summed E-state index contributed by atoms with van der Waals surface area (Å²) in [7, 11) is 0. The molecule has 13 heteroatoms. The SMILES string of the molecule is CC.CC.CC.CCC(C)C(C)N(CC(C)N(C(C)N)C(N)C(C)C(O)(O)O)C(O)(CCC1=CC=CCC1)ONC(=O)C1CCC(F)(F)CC1. The highest BCUT2D eigenvalue weighted by atomic mass is 19.3. The number of hydroxylamine groups is 1. The molecule has 1 amide bonds. The number of hydrogen-bond acceptors (Lipinski definition) is 10. The van der Waals surface area contributed by atoms with E-state index in [-0.39, 0.29) is 50.6 Å². The number of halogens is 2. The molecule has 298 valence electrons. The van der Waals surface area contributed by atoms with Crippen molar-refractivity contribution < 1.29 is 38.8 Å². The molecule has 2 aliphatic carbocycles. The highest BCUT2D eigenvalue weighted by Gasteiger charge is 2.45. The third-order valence-corrected chi connectivity index (χ3v) is 9.59. The van der Waals surface area contributed by atoms with Crippen molar-refractivity contribution in [1.82, 2.24) is 15.3 Å². The Labute approximate surface area is 302 Å². The summed E-state index contributed by atoms with van der Waals surface area (Å²) in [6.07, 6.45) is 6.58. The molecule has 1 saturated carbocycles. The molecule has 0 saturated heterocycles. The van der Waals surface area contributed by atoms with Crippen LogP contribution in [0.4, 0.5) is 8.78 Å². The van der Waals surface area contributed by atoms with Gasteiger partial charge in [0.05, 0.1) is 18.2 Å². The van der Waals surface area contributed by atoms with Crippen LogP contribution in [0.5, 0.6) is 0 Å². The molecule has 0 radical (unpaired) electrons. The molecule has 11 nitrogen and oxygen atoms in total. The smallest absolute Gasteiger partial charge is 0.280 e. The first-order valence-corrected chi connectivity index (χ1v) is 19.0. The number of nitrogens with one attached hydrogen (secondary N) is 1. The normalized spacial score (nSPS) is 21.0. The minimum atomic E-state index is -3.05. The first kappa shape index (κ1) is 50.6. The van der Waals surface area contributed by atoms with Crippen molar-refractivity contribution in [2.45, 2.75) is 183 Å². The van der Waals surface area contributed by atoms with Crippen molar-refractivity contribution in [3.8, 4) is 0 Å². The van der Waals surface area contributed by atoms with Crippen LogP contribution in [-0.4, -0.2) is 84.9 Å². The summed E-state index contributed by atoms with van der Waals surface area (Å²) in [5.74, 6) is -10.2. The van der Waals surface area contributed by atoms with E-state index in [4.69, 9.17) is 16.3 Å². The van der Waals surface area contributed by atoms with Gasteiger partial charge < -0.3 is 31.9 Å². The molecule has 0 heterocycles. The van der Waals surface area contributed by atoms with Crippen LogP contribution >= 0.6 is 0 Å². The second-order valence-corrected chi connectivity index (χ2v) is 13.0. The Morgan fingerprint density at radius 2 is 1.56 bits per heavy atom. The van der Waals surface area contributed by atoms with Gasteiger partial charge in [0.2, 0.25) is 11.8 Å². The molecule has 50 heavy (non-hydrogen) atoms. The summed E-state index contributed by atoms with van der Waals surface area (Å²) < 4.78 is 27.5. The fourth-order valence-corrected chi connectivity index (χ4v) is 6.06. The van der Waals surface area contributed by atoms with Gasteiger partial charge in [-0.25, -0.2) is 24.0 Å². The number of alkyl halides is 2. The number of nitrogens with zero attached hydrogens (tertiary/aromatic N) is 2. The summed E-state index contributed by atoms with van der Waals surface area (Å²) >= 11 is 0. The maximum atomic E-state index is 13.7. The molecule has 0 bridgehead atoms. The molecular weight excluding hydrogens is 648 g/mol. The van der Waals surface area contributed by atoms with Crippen molar-refractivity contribution in [2.24, 2.45) is 29.2 Å². The van der Waals surface area contributed by atoms with E-state index >= 15 is 0 Å². The molecule has 0 spiro atoms. The van der Waals surface area contributed by atoms with E-state index in [1.807, 2.05) is 81.4 Å². The monoisotopic (exact) mass is 724 g/mol. The van der Waals surface area contributed by atoms with Gasteiger partial charge in [-0.3, -0.25) is 9.69 Å². The fourth-order valence-electron chi connectivity index (χ4n) is 6.06. The molecule has 0 aromatic rings. The minimum Gasteiger partial charge on any atom is -0.352 e. The molecule has 7 atom stereocenters. The number of hydrogen-bond donors (Lipinski definition) is 7. The standard InChI is InChI=1S/C31H57F2N5O6.3C2H6/c1-7-20(2)23(5)37(19-21(3)38(24(6)34)27(35)22(4)31(41,42)43)30(40,18-13-25-11-9-8-10-12-25)44-36-28(39)26-14-16-29(32,33)17-15-26;3*1-2/h8-9,11,20-24,26-27,40-43H,7,10,12-19,34-35H2,1-6H3,(H,36,39);3*1-2H3. The van der Waals surface area contributed by atoms with Crippen LogP contribution < -0.4 is 16.9 Å². The van der Waals surface area contributed by atoms with Gasteiger partial charge in [0, 0.05) is 43.8 Å². The third-order valence-electron chi connectivity index (χ3n) is 9.59. The first-order chi connectivity index (χ1) is 23.3. The van der Waals surface area contributed by atoms with Gasteiger partial charge in [-0.15, -0.1) is 0 Å². The molecule has 9 N–H and O–H groups in total. The lowest BCUT2D eigenvalue weighted by Crippen LogP contribution is -2.66. The Balaban J connectivity index is 0. The number of nitrogens with two attached hydrogens (primary N) is 2. The average Bonchev–Trinajstić information content (AvgIpc) is 3.10. The van der Waals surface area contributed by atoms with Gasteiger partial charge in [-0.1, -0.05) is 92.5 Å². The summed E-state index contributed by atoms with van der Waals surface area (Å²) in [6.45, 7) is 23.0. The lowest BCUT2D eigenvalue weighted by atomic mass is 9.86. The zero-order valence-electron chi connectivity index (χ0n) is 33.3. The molecule has 0 aliphatic heterocycles. The van der Waals surface area contributed by atoms with E-state index in [0.29, 0.717) is 6.42 Å². The van der Waals surface area contributed by atoms with Crippen molar-refractivity contribution in [1.29, 1.82) is 0 Å². The molecule has 0 aromatic carbocycles. The Kier molecular flexibility index (Phi) is 24.9. The predicted molar refractivity (Wildman–Crippen MR) is 198 cm³/mol. The van der Waals surface area contributed by atoms with E-state index < -0.39 is 53.9 Å². The average molecular weight is 724 g/mol. The maximum Gasteiger partial charge on any atom is 0.280 e. The van der Waals surface area contributed by atoms with Crippen LogP contribution in [0.2, 0.25) is 0 Å². The highest BCUT2D eigenvalue weighted by molar-refractivity contribution is 5.77. The summed E-state index contributed by atoms with van der Waals surface area (Å²) in [4.78, 5) is 22.4. The lowest BCUT2D eigenvalue weighted by molar-refractivity contribution is -0.349. The maximum absolute atomic E-state index is 13.7. The third kappa shape index (κ3) is 16.4. The van der Waals surface area contributed by atoms with Gasteiger partial charge >= 0.3 is 0 Å². The molecule has 1 fully saturated rings. The number of carbonyl (C=O) groups excluding carboxylic acids is 1. The Hall–Kier alpha value is -1.55. The van der Waals surface area contributed by atoms with Crippen LogP contribution in [0.15, 0.2) is 23.8 Å². The molecule has 2 aliphatic rings. The predicted octanol–water partition coefficient (Wildman–Crippen LogP) is 5.92. The van der Waals surface area contributed by atoms with Crippen LogP contribution in [-0.2, 0) is 9.63 Å². The van der Waals surface area contributed by atoms with Gasteiger partial charge in [0.1, 0.15) is 0 Å². The van der Waals surface area contributed by atoms with E-state index in [1.54, 1.807) is 16.7 Å². The van der Waals surface area contributed by atoms with E-state index in [1.165, 1.54) is 6.92 Å². The zero-order valence-corrected chi connectivity index (χ0v) is 33.3. The number of amides is 1. The van der Waals surface area contributed by atoms with Crippen molar-refractivity contribution >= 4 is 5.91 Å².